The summed E-state index contributed by atoms with van der Waals surface area (Å²) in [7, 11) is 0. The summed E-state index contributed by atoms with van der Waals surface area (Å²) >= 11 is 0. The Labute approximate surface area is 105 Å². The second kappa shape index (κ2) is 6.95. The van der Waals surface area contributed by atoms with E-state index in [1.165, 1.54) is 4.90 Å². The minimum absolute atomic E-state index is 0.175. The Bertz CT molecular complexity index is 332. The molecule has 0 unspecified atom stereocenters. The Kier molecular flexibility index (Phi) is 5.57. The van der Waals surface area contributed by atoms with Crippen molar-refractivity contribution in [1.82, 2.24) is 10.2 Å². The number of piperidine rings is 1. The molecule has 0 saturated carbocycles. The van der Waals surface area contributed by atoms with Crippen molar-refractivity contribution < 1.29 is 19.5 Å². The van der Waals surface area contributed by atoms with Crippen molar-refractivity contribution in [3.63, 3.8) is 0 Å². The summed E-state index contributed by atoms with van der Waals surface area (Å²) in [6, 6.07) is -0.232. The molecule has 1 aliphatic heterocycles. The van der Waals surface area contributed by atoms with Crippen molar-refractivity contribution in [1.29, 1.82) is 0 Å². The van der Waals surface area contributed by atoms with E-state index in [1.807, 2.05) is 0 Å². The van der Waals surface area contributed by atoms with Crippen LogP contribution in [0.25, 0.3) is 0 Å². The summed E-state index contributed by atoms with van der Waals surface area (Å²) in [4.78, 5) is 34.8. The zero-order valence-electron chi connectivity index (χ0n) is 10.2. The number of likely N-dealkylation sites (tertiary alicyclic amines) is 1. The van der Waals surface area contributed by atoms with E-state index in [9.17, 15) is 14.4 Å². The third-order valence-electron chi connectivity index (χ3n) is 2.98. The molecule has 0 radical (unpaired) electrons. The van der Waals surface area contributed by atoms with Crippen molar-refractivity contribution in [3.05, 3.63) is 0 Å². The molecule has 0 aromatic rings. The predicted octanol–water partition coefficient (Wildman–Crippen LogP) is -1.08. The van der Waals surface area contributed by atoms with E-state index in [-0.39, 0.29) is 31.5 Å². The van der Waals surface area contributed by atoms with Crippen LogP contribution in [-0.2, 0) is 14.4 Å². The molecular formula is C11H19N3O4. The number of carboxylic acid groups (broad SMARTS) is 1. The summed E-state index contributed by atoms with van der Waals surface area (Å²) in [5.74, 6) is -2.52. The van der Waals surface area contributed by atoms with Crippen LogP contribution in [0.3, 0.4) is 0 Å². The molecule has 0 spiro atoms. The lowest BCUT2D eigenvalue weighted by atomic mass is 10.0. The Morgan fingerprint density at radius 1 is 1.33 bits per heavy atom. The smallest absolute Gasteiger partial charge is 0.394 e. The number of carbonyl (C=O) groups is 3. The van der Waals surface area contributed by atoms with Crippen LogP contribution in [0.1, 0.15) is 25.7 Å². The number of carbonyl (C=O) groups excluding carboxylic acids is 2. The van der Waals surface area contributed by atoms with Crippen LogP contribution in [0.15, 0.2) is 0 Å². The number of aliphatic carboxylic acids is 1. The molecule has 1 heterocycles. The first-order chi connectivity index (χ1) is 8.56. The lowest BCUT2D eigenvalue weighted by Gasteiger charge is -2.34. The normalized spacial score (nSPS) is 19.4. The second-order valence-electron chi connectivity index (χ2n) is 4.30. The molecule has 7 heteroatoms. The SMILES string of the molecule is NCCC(=O)NC[C@@H]1CCCCN1C(=O)C(=O)O. The fourth-order valence-electron chi connectivity index (χ4n) is 2.05. The van der Waals surface area contributed by atoms with Crippen molar-refractivity contribution >= 4 is 17.8 Å². The first kappa shape index (κ1) is 14.4. The highest BCUT2D eigenvalue weighted by atomic mass is 16.4. The first-order valence-corrected chi connectivity index (χ1v) is 6.07. The van der Waals surface area contributed by atoms with E-state index >= 15 is 0 Å². The number of hydrogen-bond acceptors (Lipinski definition) is 4. The molecule has 1 rings (SSSR count). The summed E-state index contributed by atoms with van der Waals surface area (Å²) in [6.07, 6.45) is 2.68. The van der Waals surface area contributed by atoms with E-state index in [1.54, 1.807) is 0 Å². The minimum atomic E-state index is -1.45. The van der Waals surface area contributed by atoms with Gasteiger partial charge in [-0.2, -0.15) is 0 Å². The Morgan fingerprint density at radius 2 is 2.06 bits per heavy atom. The quantitative estimate of drug-likeness (QED) is 0.554. The Hall–Kier alpha value is -1.63. The van der Waals surface area contributed by atoms with Gasteiger partial charge in [-0.3, -0.25) is 9.59 Å². The molecular weight excluding hydrogens is 238 g/mol. The van der Waals surface area contributed by atoms with Crippen LogP contribution in [0.2, 0.25) is 0 Å². The predicted molar refractivity (Wildman–Crippen MR) is 63.7 cm³/mol. The van der Waals surface area contributed by atoms with E-state index in [0.29, 0.717) is 13.0 Å². The molecule has 1 saturated heterocycles. The van der Waals surface area contributed by atoms with Gasteiger partial charge < -0.3 is 21.1 Å². The van der Waals surface area contributed by atoms with Gasteiger partial charge in [-0.1, -0.05) is 0 Å². The monoisotopic (exact) mass is 257 g/mol. The van der Waals surface area contributed by atoms with Gasteiger partial charge in [0.15, 0.2) is 0 Å². The van der Waals surface area contributed by atoms with E-state index in [2.05, 4.69) is 5.32 Å². The van der Waals surface area contributed by atoms with Crippen LogP contribution >= 0.6 is 0 Å². The number of rotatable bonds is 4. The maximum absolute atomic E-state index is 11.5. The number of amides is 2. The first-order valence-electron chi connectivity index (χ1n) is 6.07. The van der Waals surface area contributed by atoms with Gasteiger partial charge in [0.25, 0.3) is 0 Å². The fourth-order valence-corrected chi connectivity index (χ4v) is 2.05. The maximum atomic E-state index is 11.5. The molecule has 0 aromatic heterocycles. The van der Waals surface area contributed by atoms with E-state index in [4.69, 9.17) is 10.8 Å². The molecule has 4 N–H and O–H groups in total. The summed E-state index contributed by atoms with van der Waals surface area (Å²) in [5, 5.41) is 11.4. The Morgan fingerprint density at radius 3 is 2.67 bits per heavy atom. The van der Waals surface area contributed by atoms with Crippen LogP contribution in [-0.4, -0.2) is 53.5 Å². The number of hydrogen-bond donors (Lipinski definition) is 3. The van der Waals surface area contributed by atoms with Gasteiger partial charge in [0.2, 0.25) is 5.91 Å². The molecule has 1 fully saturated rings. The molecule has 1 atom stereocenters. The second-order valence-corrected chi connectivity index (χ2v) is 4.30. The van der Waals surface area contributed by atoms with Crippen LogP contribution < -0.4 is 11.1 Å². The highest BCUT2D eigenvalue weighted by Gasteiger charge is 2.30. The van der Waals surface area contributed by atoms with Gasteiger partial charge in [-0.25, -0.2) is 4.79 Å². The third-order valence-corrected chi connectivity index (χ3v) is 2.98. The molecule has 0 aliphatic carbocycles. The molecule has 1 aliphatic rings. The van der Waals surface area contributed by atoms with Gasteiger partial charge in [-0.15, -0.1) is 0 Å². The van der Waals surface area contributed by atoms with Gasteiger partial charge in [0.1, 0.15) is 0 Å². The molecule has 0 bridgehead atoms. The van der Waals surface area contributed by atoms with Gasteiger partial charge in [-0.05, 0) is 19.3 Å². The highest BCUT2D eigenvalue weighted by Crippen LogP contribution is 2.16. The number of nitrogens with one attached hydrogen (secondary N) is 1. The average Bonchev–Trinajstić information content (AvgIpc) is 2.36. The van der Waals surface area contributed by atoms with E-state index < -0.39 is 11.9 Å². The largest absolute Gasteiger partial charge is 0.474 e. The lowest BCUT2D eigenvalue weighted by molar-refractivity contribution is -0.158. The number of nitrogens with two attached hydrogens (primary N) is 1. The maximum Gasteiger partial charge on any atom is 0.394 e. The molecule has 102 valence electrons. The Balaban J connectivity index is 2.52. The van der Waals surface area contributed by atoms with Gasteiger partial charge in [0.05, 0.1) is 0 Å². The molecule has 18 heavy (non-hydrogen) atoms. The fraction of sp³-hybridized carbons (Fsp3) is 0.727. The zero-order valence-corrected chi connectivity index (χ0v) is 10.2. The number of carboxylic acids is 1. The van der Waals surface area contributed by atoms with Gasteiger partial charge >= 0.3 is 11.9 Å². The molecule has 2 amide bonds. The summed E-state index contributed by atoms with van der Waals surface area (Å²) in [6.45, 7) is 0.995. The van der Waals surface area contributed by atoms with E-state index in [0.717, 1.165) is 12.8 Å². The standard InChI is InChI=1S/C11H19N3O4/c12-5-4-9(15)13-7-8-3-1-2-6-14(8)10(16)11(17)18/h8H,1-7,12H2,(H,13,15)(H,17,18)/t8-/m0/s1. The van der Waals surface area contributed by atoms with Crippen molar-refractivity contribution in [3.8, 4) is 0 Å². The molecule has 0 aromatic carbocycles. The van der Waals surface area contributed by atoms with Crippen LogP contribution in [0.4, 0.5) is 0 Å². The topological polar surface area (TPSA) is 113 Å². The lowest BCUT2D eigenvalue weighted by Crippen LogP contribution is -2.51. The highest BCUT2D eigenvalue weighted by molar-refractivity contribution is 6.31. The third kappa shape index (κ3) is 3.99. The minimum Gasteiger partial charge on any atom is -0.474 e. The molecule has 7 nitrogen and oxygen atoms in total. The summed E-state index contributed by atoms with van der Waals surface area (Å²) < 4.78 is 0. The van der Waals surface area contributed by atoms with Crippen LogP contribution in [0, 0.1) is 0 Å². The number of nitrogens with zero attached hydrogens (tertiary/aromatic N) is 1. The average molecular weight is 257 g/mol. The summed E-state index contributed by atoms with van der Waals surface area (Å²) in [5.41, 5.74) is 5.25. The van der Waals surface area contributed by atoms with Crippen molar-refractivity contribution in [2.45, 2.75) is 31.7 Å². The van der Waals surface area contributed by atoms with Gasteiger partial charge in [0, 0.05) is 32.1 Å². The van der Waals surface area contributed by atoms with Crippen molar-refractivity contribution in [2.24, 2.45) is 5.73 Å². The zero-order chi connectivity index (χ0) is 13.5. The van der Waals surface area contributed by atoms with Crippen molar-refractivity contribution in [2.75, 3.05) is 19.6 Å². The van der Waals surface area contributed by atoms with Crippen LogP contribution in [0.5, 0.6) is 0 Å².